The SMILES string of the molecule is Cc1nn(-c2ccccc2)c(C)c1CCC(=O)NCCCOC1CCCCC1. The summed E-state index contributed by atoms with van der Waals surface area (Å²) in [5.41, 5.74) is 4.32. The molecule has 152 valence electrons. The second kappa shape index (κ2) is 10.4. The number of aryl methyl sites for hydroxylation is 1. The first-order chi connectivity index (χ1) is 13.6. The first-order valence-corrected chi connectivity index (χ1v) is 10.6. The lowest BCUT2D eigenvalue weighted by Crippen LogP contribution is -2.26. The molecule has 1 aromatic heterocycles. The Bertz CT molecular complexity index is 749. The molecule has 3 rings (SSSR count). The summed E-state index contributed by atoms with van der Waals surface area (Å²) in [5.74, 6) is 0.101. The van der Waals surface area contributed by atoms with E-state index in [9.17, 15) is 4.79 Å². The van der Waals surface area contributed by atoms with Crippen molar-refractivity contribution in [3.8, 4) is 5.69 Å². The van der Waals surface area contributed by atoms with Crippen molar-refractivity contribution >= 4 is 5.91 Å². The lowest BCUT2D eigenvalue weighted by Gasteiger charge is -2.21. The molecule has 1 aliphatic carbocycles. The molecule has 1 aliphatic rings. The lowest BCUT2D eigenvalue weighted by atomic mass is 9.98. The molecular formula is C23H33N3O2. The van der Waals surface area contributed by atoms with E-state index in [1.165, 1.54) is 37.7 Å². The highest BCUT2D eigenvalue weighted by Crippen LogP contribution is 2.20. The number of nitrogens with zero attached hydrogens (tertiary/aromatic N) is 2. The Hall–Kier alpha value is -2.14. The molecule has 2 aromatic rings. The Morgan fingerprint density at radius 3 is 2.68 bits per heavy atom. The van der Waals surface area contributed by atoms with Gasteiger partial charge in [0, 0.05) is 25.3 Å². The minimum atomic E-state index is 0.101. The molecule has 1 aromatic carbocycles. The molecule has 0 radical (unpaired) electrons. The van der Waals surface area contributed by atoms with Crippen LogP contribution >= 0.6 is 0 Å². The van der Waals surface area contributed by atoms with E-state index in [0.29, 0.717) is 19.1 Å². The van der Waals surface area contributed by atoms with Crippen LogP contribution in [0, 0.1) is 13.8 Å². The fourth-order valence-electron chi connectivity index (χ4n) is 3.97. The number of carbonyl (C=O) groups is 1. The van der Waals surface area contributed by atoms with E-state index in [4.69, 9.17) is 4.74 Å². The largest absolute Gasteiger partial charge is 0.378 e. The molecule has 0 bridgehead atoms. The molecule has 1 saturated carbocycles. The third kappa shape index (κ3) is 5.68. The monoisotopic (exact) mass is 383 g/mol. The number of para-hydroxylation sites is 1. The smallest absolute Gasteiger partial charge is 0.220 e. The average Bonchev–Trinajstić information content (AvgIpc) is 3.01. The Kier molecular flexibility index (Phi) is 7.66. The van der Waals surface area contributed by atoms with Gasteiger partial charge in [-0.05, 0) is 57.2 Å². The number of ether oxygens (including phenoxy) is 1. The predicted octanol–water partition coefficient (Wildman–Crippen LogP) is 4.28. The summed E-state index contributed by atoms with van der Waals surface area (Å²) in [6, 6.07) is 10.1. The average molecular weight is 384 g/mol. The summed E-state index contributed by atoms with van der Waals surface area (Å²) in [4.78, 5) is 12.2. The number of aromatic nitrogens is 2. The van der Waals surface area contributed by atoms with Crippen LogP contribution in [-0.4, -0.2) is 34.9 Å². The van der Waals surface area contributed by atoms with Crippen LogP contribution in [0.5, 0.6) is 0 Å². The highest BCUT2D eigenvalue weighted by molar-refractivity contribution is 5.76. The van der Waals surface area contributed by atoms with Crippen LogP contribution in [0.25, 0.3) is 5.69 Å². The zero-order valence-electron chi connectivity index (χ0n) is 17.2. The predicted molar refractivity (Wildman–Crippen MR) is 112 cm³/mol. The Balaban J connectivity index is 1.39. The van der Waals surface area contributed by atoms with E-state index in [0.717, 1.165) is 36.5 Å². The standard InChI is InChI=1S/C23H33N3O2/c1-18-22(19(2)26(25-18)20-10-5-3-6-11-20)14-15-23(27)24-16-9-17-28-21-12-7-4-8-13-21/h3,5-6,10-11,21H,4,7-9,12-17H2,1-2H3,(H,24,27). The molecule has 0 aliphatic heterocycles. The van der Waals surface area contributed by atoms with Crippen LogP contribution in [0.4, 0.5) is 0 Å². The van der Waals surface area contributed by atoms with Crippen LogP contribution in [0.3, 0.4) is 0 Å². The van der Waals surface area contributed by atoms with E-state index < -0.39 is 0 Å². The molecule has 5 nitrogen and oxygen atoms in total. The van der Waals surface area contributed by atoms with Gasteiger partial charge in [-0.3, -0.25) is 4.79 Å². The Labute approximate surface area is 168 Å². The zero-order valence-corrected chi connectivity index (χ0v) is 17.2. The topological polar surface area (TPSA) is 56.2 Å². The van der Waals surface area contributed by atoms with Gasteiger partial charge in [-0.25, -0.2) is 4.68 Å². The van der Waals surface area contributed by atoms with Gasteiger partial charge in [0.1, 0.15) is 0 Å². The normalized spacial score (nSPS) is 14.9. The summed E-state index contributed by atoms with van der Waals surface area (Å²) in [7, 11) is 0. The molecule has 28 heavy (non-hydrogen) atoms. The number of nitrogens with one attached hydrogen (secondary N) is 1. The van der Waals surface area contributed by atoms with Gasteiger partial charge in [0.15, 0.2) is 0 Å². The van der Waals surface area contributed by atoms with Crippen LogP contribution in [0.1, 0.15) is 61.9 Å². The quantitative estimate of drug-likeness (QED) is 0.658. The van der Waals surface area contributed by atoms with Crippen molar-refractivity contribution in [2.24, 2.45) is 0 Å². The van der Waals surface area contributed by atoms with E-state index in [1.54, 1.807) is 0 Å². The summed E-state index contributed by atoms with van der Waals surface area (Å²) in [5, 5.41) is 7.68. The molecular weight excluding hydrogens is 350 g/mol. The summed E-state index contributed by atoms with van der Waals surface area (Å²) >= 11 is 0. The Morgan fingerprint density at radius 2 is 1.93 bits per heavy atom. The van der Waals surface area contributed by atoms with Gasteiger partial charge in [-0.15, -0.1) is 0 Å². The van der Waals surface area contributed by atoms with Crippen molar-refractivity contribution in [1.29, 1.82) is 0 Å². The number of carbonyl (C=O) groups excluding carboxylic acids is 1. The molecule has 1 N–H and O–H groups in total. The molecule has 0 saturated heterocycles. The summed E-state index contributed by atoms with van der Waals surface area (Å²) < 4.78 is 7.87. The fourth-order valence-corrected chi connectivity index (χ4v) is 3.97. The molecule has 1 heterocycles. The van der Waals surface area contributed by atoms with Crippen LogP contribution in [0.2, 0.25) is 0 Å². The number of amides is 1. The van der Waals surface area contributed by atoms with Crippen molar-refractivity contribution in [2.45, 2.75) is 71.3 Å². The van der Waals surface area contributed by atoms with E-state index in [2.05, 4.69) is 17.3 Å². The van der Waals surface area contributed by atoms with Crippen molar-refractivity contribution in [3.05, 3.63) is 47.3 Å². The number of hydrogen-bond acceptors (Lipinski definition) is 3. The van der Waals surface area contributed by atoms with Crippen molar-refractivity contribution < 1.29 is 9.53 Å². The van der Waals surface area contributed by atoms with E-state index in [-0.39, 0.29) is 5.91 Å². The lowest BCUT2D eigenvalue weighted by molar-refractivity contribution is -0.121. The molecule has 1 amide bonds. The molecule has 0 atom stereocenters. The van der Waals surface area contributed by atoms with Gasteiger partial charge < -0.3 is 10.1 Å². The third-order valence-electron chi connectivity index (χ3n) is 5.59. The van der Waals surface area contributed by atoms with Gasteiger partial charge >= 0.3 is 0 Å². The summed E-state index contributed by atoms with van der Waals surface area (Å²) in [6.45, 7) is 5.52. The highest BCUT2D eigenvalue weighted by Gasteiger charge is 2.15. The van der Waals surface area contributed by atoms with Crippen LogP contribution in [0.15, 0.2) is 30.3 Å². The van der Waals surface area contributed by atoms with Gasteiger partial charge in [0.2, 0.25) is 5.91 Å². The fraction of sp³-hybridized carbons (Fsp3) is 0.565. The van der Waals surface area contributed by atoms with E-state index in [1.807, 2.05) is 41.9 Å². The first kappa shape index (κ1) is 20.6. The minimum Gasteiger partial charge on any atom is -0.378 e. The van der Waals surface area contributed by atoms with Crippen LogP contribution < -0.4 is 5.32 Å². The van der Waals surface area contributed by atoms with Crippen LogP contribution in [-0.2, 0) is 16.0 Å². The van der Waals surface area contributed by atoms with Gasteiger partial charge in [0.25, 0.3) is 0 Å². The van der Waals surface area contributed by atoms with Gasteiger partial charge in [0.05, 0.1) is 17.5 Å². The number of rotatable bonds is 9. The number of hydrogen-bond donors (Lipinski definition) is 1. The Morgan fingerprint density at radius 1 is 1.18 bits per heavy atom. The maximum absolute atomic E-state index is 12.2. The van der Waals surface area contributed by atoms with Crippen molar-refractivity contribution in [3.63, 3.8) is 0 Å². The maximum atomic E-state index is 12.2. The zero-order chi connectivity index (χ0) is 19.8. The van der Waals surface area contributed by atoms with Gasteiger partial charge in [-0.2, -0.15) is 5.10 Å². The van der Waals surface area contributed by atoms with Crippen molar-refractivity contribution in [1.82, 2.24) is 15.1 Å². The van der Waals surface area contributed by atoms with E-state index >= 15 is 0 Å². The summed E-state index contributed by atoms with van der Waals surface area (Å²) in [6.07, 6.45) is 8.86. The molecule has 5 heteroatoms. The second-order valence-corrected chi connectivity index (χ2v) is 7.73. The molecule has 0 spiro atoms. The second-order valence-electron chi connectivity index (χ2n) is 7.73. The third-order valence-corrected chi connectivity index (χ3v) is 5.59. The minimum absolute atomic E-state index is 0.101. The molecule has 0 unspecified atom stereocenters. The highest BCUT2D eigenvalue weighted by atomic mass is 16.5. The first-order valence-electron chi connectivity index (χ1n) is 10.6. The molecule has 1 fully saturated rings. The van der Waals surface area contributed by atoms with Gasteiger partial charge in [-0.1, -0.05) is 37.5 Å². The maximum Gasteiger partial charge on any atom is 0.220 e. The van der Waals surface area contributed by atoms with Crippen molar-refractivity contribution in [2.75, 3.05) is 13.2 Å². The number of benzene rings is 1.